The van der Waals surface area contributed by atoms with Crippen LogP contribution in [-0.2, 0) is 6.18 Å². The molecule has 0 radical (unpaired) electrons. The van der Waals surface area contributed by atoms with Crippen molar-refractivity contribution in [3.05, 3.63) is 29.2 Å². The highest BCUT2D eigenvalue weighted by Crippen LogP contribution is 2.35. The van der Waals surface area contributed by atoms with E-state index in [2.05, 4.69) is 20.3 Å². The number of nitrogens with two attached hydrogens (primary N) is 1. The third kappa shape index (κ3) is 3.30. The molecule has 1 saturated heterocycles. The second-order valence-corrected chi connectivity index (χ2v) is 5.74. The predicted octanol–water partition coefficient (Wildman–Crippen LogP) is 3.47. The number of hydrogen-bond donors (Lipinski definition) is 2. The molecule has 128 valence electrons. The molecule has 0 aliphatic carbocycles. The van der Waals surface area contributed by atoms with Crippen molar-refractivity contribution in [2.45, 2.75) is 19.0 Å². The minimum absolute atomic E-state index is 0.0439. The van der Waals surface area contributed by atoms with E-state index in [1.807, 2.05) is 4.90 Å². The summed E-state index contributed by atoms with van der Waals surface area (Å²) in [6, 6.07) is 0.801. The first-order chi connectivity index (χ1) is 11.4. The molecule has 3 heterocycles. The smallest absolute Gasteiger partial charge is 0.393 e. The number of halogens is 4. The van der Waals surface area contributed by atoms with Crippen LogP contribution in [0.25, 0.3) is 0 Å². The Balaban J connectivity index is 1.87. The molecule has 1 fully saturated rings. The average molecular weight is 359 g/mol. The summed E-state index contributed by atoms with van der Waals surface area (Å²) in [6.07, 6.45) is -0.361. The van der Waals surface area contributed by atoms with Crippen LogP contribution < -0.4 is 16.0 Å². The lowest BCUT2D eigenvalue weighted by atomic mass is 10.2. The van der Waals surface area contributed by atoms with E-state index in [4.69, 9.17) is 17.3 Å². The van der Waals surface area contributed by atoms with Crippen LogP contribution >= 0.6 is 11.6 Å². The lowest BCUT2D eigenvalue weighted by Gasteiger charge is -2.19. The number of alkyl halides is 3. The SMILES string of the molecule is Nc1c(Nc2ncc(C(F)(F)F)cc2Cl)ncnc1N1CCCC1. The van der Waals surface area contributed by atoms with Crippen LogP contribution in [-0.4, -0.2) is 28.0 Å². The molecule has 6 nitrogen and oxygen atoms in total. The van der Waals surface area contributed by atoms with Crippen LogP contribution in [0.4, 0.5) is 36.3 Å². The van der Waals surface area contributed by atoms with Gasteiger partial charge in [-0.2, -0.15) is 13.2 Å². The van der Waals surface area contributed by atoms with Gasteiger partial charge in [-0.15, -0.1) is 0 Å². The van der Waals surface area contributed by atoms with Crippen molar-refractivity contribution in [1.29, 1.82) is 0 Å². The van der Waals surface area contributed by atoms with Crippen molar-refractivity contribution < 1.29 is 13.2 Å². The maximum Gasteiger partial charge on any atom is 0.417 e. The van der Waals surface area contributed by atoms with Gasteiger partial charge in [0.15, 0.2) is 11.6 Å². The van der Waals surface area contributed by atoms with Gasteiger partial charge >= 0.3 is 6.18 Å². The summed E-state index contributed by atoms with van der Waals surface area (Å²) in [7, 11) is 0. The fraction of sp³-hybridized carbons (Fsp3) is 0.357. The predicted molar refractivity (Wildman–Crippen MR) is 85.4 cm³/mol. The number of hydrogen-bond acceptors (Lipinski definition) is 6. The number of rotatable bonds is 3. The Morgan fingerprint density at radius 2 is 1.83 bits per heavy atom. The molecule has 24 heavy (non-hydrogen) atoms. The lowest BCUT2D eigenvalue weighted by Crippen LogP contribution is -2.21. The van der Waals surface area contributed by atoms with Gasteiger partial charge in [0.1, 0.15) is 17.8 Å². The van der Waals surface area contributed by atoms with E-state index in [9.17, 15) is 13.2 Å². The quantitative estimate of drug-likeness (QED) is 0.874. The molecular formula is C14H14ClF3N6. The van der Waals surface area contributed by atoms with Crippen LogP contribution in [0.15, 0.2) is 18.6 Å². The molecule has 1 aliphatic rings. The number of nitrogens with zero attached hydrogens (tertiary/aromatic N) is 4. The minimum Gasteiger partial charge on any atom is -0.393 e. The van der Waals surface area contributed by atoms with Crippen LogP contribution in [0.5, 0.6) is 0 Å². The van der Waals surface area contributed by atoms with Crippen molar-refractivity contribution in [3.63, 3.8) is 0 Å². The molecule has 1 aliphatic heterocycles. The second-order valence-electron chi connectivity index (χ2n) is 5.33. The molecule has 0 bridgehead atoms. The van der Waals surface area contributed by atoms with Crippen molar-refractivity contribution in [3.8, 4) is 0 Å². The van der Waals surface area contributed by atoms with Crippen molar-refractivity contribution >= 4 is 34.7 Å². The number of nitrogens with one attached hydrogen (secondary N) is 1. The fourth-order valence-corrected chi connectivity index (χ4v) is 2.68. The van der Waals surface area contributed by atoms with Gasteiger partial charge in [-0.25, -0.2) is 15.0 Å². The van der Waals surface area contributed by atoms with Gasteiger partial charge < -0.3 is 16.0 Å². The van der Waals surface area contributed by atoms with E-state index in [0.717, 1.165) is 32.0 Å². The van der Waals surface area contributed by atoms with E-state index in [1.165, 1.54) is 6.33 Å². The van der Waals surface area contributed by atoms with Gasteiger partial charge in [-0.3, -0.25) is 0 Å². The summed E-state index contributed by atoms with van der Waals surface area (Å²) in [5, 5.41) is 2.59. The molecule has 2 aromatic rings. The number of aromatic nitrogens is 3. The third-order valence-electron chi connectivity index (χ3n) is 3.67. The molecular weight excluding hydrogens is 345 g/mol. The molecule has 10 heteroatoms. The Hall–Kier alpha value is -2.29. The molecule has 3 N–H and O–H groups in total. The molecule has 0 aromatic carbocycles. The Bertz CT molecular complexity index is 746. The molecule has 0 atom stereocenters. The van der Waals surface area contributed by atoms with Crippen molar-refractivity contribution in [1.82, 2.24) is 15.0 Å². The monoisotopic (exact) mass is 358 g/mol. The van der Waals surface area contributed by atoms with E-state index in [-0.39, 0.29) is 16.7 Å². The van der Waals surface area contributed by atoms with Gasteiger partial charge in [-0.05, 0) is 18.9 Å². The maximum atomic E-state index is 12.7. The Morgan fingerprint density at radius 3 is 2.46 bits per heavy atom. The van der Waals surface area contributed by atoms with Gasteiger partial charge in [-0.1, -0.05) is 11.6 Å². The molecule has 3 rings (SSSR count). The first-order valence-electron chi connectivity index (χ1n) is 7.21. The fourth-order valence-electron chi connectivity index (χ4n) is 2.46. The first kappa shape index (κ1) is 16.6. The van der Waals surface area contributed by atoms with Crippen LogP contribution in [0.1, 0.15) is 18.4 Å². The minimum atomic E-state index is -4.51. The molecule has 0 saturated carbocycles. The van der Waals surface area contributed by atoms with Gasteiger partial charge in [0.05, 0.1) is 10.6 Å². The topological polar surface area (TPSA) is 80.0 Å². The molecule has 0 unspecified atom stereocenters. The highest BCUT2D eigenvalue weighted by Gasteiger charge is 2.31. The molecule has 0 spiro atoms. The summed E-state index contributed by atoms with van der Waals surface area (Å²) < 4.78 is 38.0. The van der Waals surface area contributed by atoms with Crippen LogP contribution in [0.2, 0.25) is 5.02 Å². The van der Waals surface area contributed by atoms with Crippen molar-refractivity contribution in [2.75, 3.05) is 29.0 Å². The molecule has 0 amide bonds. The summed E-state index contributed by atoms with van der Waals surface area (Å²) in [5.74, 6) is 0.886. The van der Waals surface area contributed by atoms with E-state index in [0.29, 0.717) is 17.7 Å². The largest absolute Gasteiger partial charge is 0.417 e. The highest BCUT2D eigenvalue weighted by atomic mass is 35.5. The van der Waals surface area contributed by atoms with E-state index in [1.54, 1.807) is 0 Å². The lowest BCUT2D eigenvalue weighted by molar-refractivity contribution is -0.137. The first-order valence-corrected chi connectivity index (χ1v) is 7.59. The summed E-state index contributed by atoms with van der Waals surface area (Å²) >= 11 is 5.88. The summed E-state index contributed by atoms with van der Waals surface area (Å²) in [6.45, 7) is 1.69. The second kappa shape index (κ2) is 6.31. The van der Waals surface area contributed by atoms with E-state index >= 15 is 0 Å². The highest BCUT2D eigenvalue weighted by molar-refractivity contribution is 6.33. The normalized spacial score (nSPS) is 14.9. The zero-order chi connectivity index (χ0) is 17.3. The molecule has 2 aromatic heterocycles. The number of anilines is 4. The Labute approximate surface area is 140 Å². The average Bonchev–Trinajstić information content (AvgIpc) is 3.04. The zero-order valence-electron chi connectivity index (χ0n) is 12.4. The van der Waals surface area contributed by atoms with Crippen molar-refractivity contribution in [2.24, 2.45) is 0 Å². The Morgan fingerprint density at radius 1 is 1.12 bits per heavy atom. The van der Waals surface area contributed by atoms with Gasteiger partial charge in [0.2, 0.25) is 0 Å². The third-order valence-corrected chi connectivity index (χ3v) is 3.96. The number of nitrogen functional groups attached to an aromatic ring is 1. The van der Waals surface area contributed by atoms with Crippen LogP contribution in [0, 0.1) is 0 Å². The van der Waals surface area contributed by atoms with Gasteiger partial charge in [0.25, 0.3) is 0 Å². The summed E-state index contributed by atoms with van der Waals surface area (Å²) in [4.78, 5) is 13.9. The van der Waals surface area contributed by atoms with E-state index < -0.39 is 11.7 Å². The van der Waals surface area contributed by atoms with Gasteiger partial charge in [0, 0.05) is 19.3 Å². The maximum absolute atomic E-state index is 12.7. The number of pyridine rings is 1. The summed E-state index contributed by atoms with van der Waals surface area (Å²) in [5.41, 5.74) is 5.46. The zero-order valence-corrected chi connectivity index (χ0v) is 13.2. The standard InChI is InChI=1S/C14H14ClF3N6/c15-9-5-8(14(16,17)18)6-20-11(9)23-12-10(19)13(22-7-21-12)24-3-1-2-4-24/h5-7H,1-4,19H2,(H,20,21,22,23). The Kier molecular flexibility index (Phi) is 4.35. The van der Waals surface area contributed by atoms with Crippen LogP contribution in [0.3, 0.4) is 0 Å².